The third-order valence-electron chi connectivity index (χ3n) is 2.36. The van der Waals surface area contributed by atoms with Gasteiger partial charge in [0.1, 0.15) is 6.04 Å². The summed E-state index contributed by atoms with van der Waals surface area (Å²) in [5.74, 6) is -0.829. The van der Waals surface area contributed by atoms with E-state index in [2.05, 4.69) is 41.2 Å². The summed E-state index contributed by atoms with van der Waals surface area (Å²) in [6.07, 6.45) is 0. The van der Waals surface area contributed by atoms with Crippen molar-refractivity contribution >= 4 is 33.7 Å². The zero-order valence-electron chi connectivity index (χ0n) is 10.7. The molecule has 0 radical (unpaired) electrons. The molecular formula is C13H18BrNO2S. The quantitative estimate of drug-likeness (QED) is 0.783. The Balaban J connectivity index is 2.77. The zero-order chi connectivity index (χ0) is 13.7. The van der Waals surface area contributed by atoms with Crippen LogP contribution in [0.3, 0.4) is 0 Å². The average Bonchev–Trinajstić information content (AvgIpc) is 2.26. The number of benzene rings is 1. The van der Waals surface area contributed by atoms with Gasteiger partial charge in [0.15, 0.2) is 0 Å². The Morgan fingerprint density at radius 3 is 2.67 bits per heavy atom. The molecule has 0 aliphatic heterocycles. The van der Waals surface area contributed by atoms with Crippen LogP contribution in [0.4, 0.5) is 0 Å². The molecule has 0 amide bonds. The predicted octanol–water partition coefficient (Wildman–Crippen LogP) is 3.51. The largest absolute Gasteiger partial charge is 0.480 e. The van der Waals surface area contributed by atoms with Crippen LogP contribution in [0, 0.1) is 0 Å². The molecule has 1 unspecified atom stereocenters. The van der Waals surface area contributed by atoms with Crippen LogP contribution in [-0.4, -0.2) is 22.4 Å². The summed E-state index contributed by atoms with van der Waals surface area (Å²) in [6, 6.07) is 5.54. The number of halogens is 1. The number of aliphatic carboxylic acids is 1. The molecule has 0 saturated heterocycles. The van der Waals surface area contributed by atoms with Crippen molar-refractivity contribution < 1.29 is 9.90 Å². The maximum atomic E-state index is 10.8. The van der Waals surface area contributed by atoms with Crippen LogP contribution < -0.4 is 5.32 Å². The van der Waals surface area contributed by atoms with Gasteiger partial charge in [-0.25, -0.2) is 0 Å². The first kappa shape index (κ1) is 15.5. The van der Waals surface area contributed by atoms with Crippen LogP contribution in [-0.2, 0) is 11.3 Å². The van der Waals surface area contributed by atoms with E-state index >= 15 is 0 Å². The van der Waals surface area contributed by atoms with Gasteiger partial charge in [-0.2, -0.15) is 0 Å². The minimum Gasteiger partial charge on any atom is -0.480 e. The molecule has 5 heteroatoms. The molecule has 18 heavy (non-hydrogen) atoms. The number of hydrogen-bond donors (Lipinski definition) is 2. The molecule has 0 aromatic heterocycles. The highest BCUT2D eigenvalue weighted by atomic mass is 79.9. The highest BCUT2D eigenvalue weighted by Crippen LogP contribution is 2.29. The lowest BCUT2D eigenvalue weighted by molar-refractivity contribution is -0.139. The van der Waals surface area contributed by atoms with Crippen molar-refractivity contribution in [3.63, 3.8) is 0 Å². The molecule has 3 nitrogen and oxygen atoms in total. The van der Waals surface area contributed by atoms with Crippen LogP contribution in [0.15, 0.2) is 27.6 Å². The fourth-order valence-corrected chi connectivity index (χ4v) is 2.90. The number of carbonyl (C=O) groups is 1. The van der Waals surface area contributed by atoms with E-state index < -0.39 is 12.0 Å². The Hall–Kier alpha value is -0.520. The zero-order valence-corrected chi connectivity index (χ0v) is 13.1. The van der Waals surface area contributed by atoms with Crippen molar-refractivity contribution in [2.45, 2.75) is 43.5 Å². The van der Waals surface area contributed by atoms with Gasteiger partial charge < -0.3 is 10.4 Å². The van der Waals surface area contributed by atoms with E-state index in [1.54, 1.807) is 18.7 Å². The fraction of sp³-hybridized carbons (Fsp3) is 0.462. The van der Waals surface area contributed by atoms with Gasteiger partial charge in [-0.3, -0.25) is 4.79 Å². The van der Waals surface area contributed by atoms with Gasteiger partial charge in [0.2, 0.25) is 0 Å². The molecule has 0 aliphatic rings. The lowest BCUT2D eigenvalue weighted by Gasteiger charge is -2.14. The molecule has 0 heterocycles. The van der Waals surface area contributed by atoms with Gasteiger partial charge in [0.25, 0.3) is 0 Å². The molecule has 0 aliphatic carbocycles. The van der Waals surface area contributed by atoms with Crippen LogP contribution in [0.25, 0.3) is 0 Å². The highest BCUT2D eigenvalue weighted by Gasteiger charge is 2.12. The second kappa shape index (κ2) is 7.16. The van der Waals surface area contributed by atoms with Gasteiger partial charge in [0, 0.05) is 21.2 Å². The monoisotopic (exact) mass is 331 g/mol. The molecular weight excluding hydrogens is 314 g/mol. The van der Waals surface area contributed by atoms with Crippen molar-refractivity contribution in [2.75, 3.05) is 0 Å². The number of carboxylic acids is 1. The normalized spacial score (nSPS) is 12.7. The summed E-state index contributed by atoms with van der Waals surface area (Å²) >= 11 is 5.24. The molecule has 0 spiro atoms. The lowest BCUT2D eigenvalue weighted by atomic mass is 10.2. The first-order valence-corrected chi connectivity index (χ1v) is 7.48. The van der Waals surface area contributed by atoms with Crippen molar-refractivity contribution in [3.05, 3.63) is 28.2 Å². The molecule has 0 bridgehead atoms. The maximum absolute atomic E-state index is 10.8. The van der Waals surface area contributed by atoms with Crippen molar-refractivity contribution in [2.24, 2.45) is 0 Å². The molecule has 1 aromatic rings. The number of thioether (sulfide) groups is 1. The summed E-state index contributed by atoms with van der Waals surface area (Å²) < 4.78 is 1.04. The summed E-state index contributed by atoms with van der Waals surface area (Å²) in [5, 5.41) is 12.3. The predicted molar refractivity (Wildman–Crippen MR) is 79.1 cm³/mol. The summed E-state index contributed by atoms with van der Waals surface area (Å²) in [4.78, 5) is 11.9. The molecule has 1 rings (SSSR count). The van der Waals surface area contributed by atoms with Crippen LogP contribution >= 0.6 is 27.7 Å². The van der Waals surface area contributed by atoms with E-state index in [4.69, 9.17) is 5.11 Å². The average molecular weight is 332 g/mol. The number of carboxylic acid groups (broad SMARTS) is 1. The van der Waals surface area contributed by atoms with E-state index in [1.165, 1.54) is 4.90 Å². The molecule has 100 valence electrons. The van der Waals surface area contributed by atoms with Gasteiger partial charge in [-0.1, -0.05) is 35.8 Å². The molecule has 1 aromatic carbocycles. The fourth-order valence-electron chi connectivity index (χ4n) is 1.39. The Kier molecular flexibility index (Phi) is 6.18. The van der Waals surface area contributed by atoms with Crippen molar-refractivity contribution in [3.8, 4) is 0 Å². The van der Waals surface area contributed by atoms with E-state index in [1.807, 2.05) is 12.1 Å². The second-order valence-corrected chi connectivity index (χ2v) is 6.89. The van der Waals surface area contributed by atoms with E-state index in [-0.39, 0.29) is 0 Å². The summed E-state index contributed by atoms with van der Waals surface area (Å²) in [5.41, 5.74) is 1.13. The van der Waals surface area contributed by atoms with Gasteiger partial charge in [-0.15, -0.1) is 11.8 Å². The first-order valence-electron chi connectivity index (χ1n) is 5.81. The topological polar surface area (TPSA) is 49.3 Å². The van der Waals surface area contributed by atoms with Crippen LogP contribution in [0.1, 0.15) is 26.3 Å². The number of rotatable bonds is 6. The summed E-state index contributed by atoms with van der Waals surface area (Å²) in [6.45, 7) is 6.50. The van der Waals surface area contributed by atoms with E-state index in [9.17, 15) is 4.79 Å². The highest BCUT2D eigenvalue weighted by molar-refractivity contribution is 9.10. The molecule has 1 atom stereocenters. The molecule has 0 fully saturated rings. The Labute approximate surface area is 120 Å². The molecule has 0 saturated carbocycles. The van der Waals surface area contributed by atoms with Crippen molar-refractivity contribution in [1.82, 2.24) is 5.32 Å². The Bertz CT molecular complexity index is 423. The Morgan fingerprint density at radius 1 is 1.44 bits per heavy atom. The van der Waals surface area contributed by atoms with Gasteiger partial charge in [-0.05, 0) is 24.6 Å². The van der Waals surface area contributed by atoms with Gasteiger partial charge >= 0.3 is 5.97 Å². The number of hydrogen-bond acceptors (Lipinski definition) is 3. The maximum Gasteiger partial charge on any atom is 0.320 e. The van der Waals surface area contributed by atoms with Gasteiger partial charge in [0.05, 0.1) is 0 Å². The van der Waals surface area contributed by atoms with E-state index in [0.717, 1.165) is 10.0 Å². The third kappa shape index (κ3) is 5.00. The van der Waals surface area contributed by atoms with Crippen LogP contribution in [0.2, 0.25) is 0 Å². The second-order valence-electron chi connectivity index (χ2n) is 4.36. The first-order chi connectivity index (χ1) is 8.40. The number of nitrogens with one attached hydrogen (secondary N) is 1. The molecule has 2 N–H and O–H groups in total. The van der Waals surface area contributed by atoms with Crippen LogP contribution in [0.5, 0.6) is 0 Å². The standard InChI is InChI=1S/C13H18BrNO2S/c1-8(2)18-12-6-11(14)5-4-10(12)7-15-9(3)13(16)17/h4-6,8-9,15H,7H2,1-3H3,(H,16,17). The SMILES string of the molecule is CC(C)Sc1cc(Br)ccc1CNC(C)C(=O)O. The van der Waals surface area contributed by atoms with Crippen molar-refractivity contribution in [1.29, 1.82) is 0 Å². The Morgan fingerprint density at radius 2 is 2.11 bits per heavy atom. The third-order valence-corrected chi connectivity index (χ3v) is 3.96. The smallest absolute Gasteiger partial charge is 0.320 e. The van der Waals surface area contributed by atoms with E-state index in [0.29, 0.717) is 11.8 Å². The minimum absolute atomic E-state index is 0.495. The summed E-state index contributed by atoms with van der Waals surface area (Å²) in [7, 11) is 0. The lowest BCUT2D eigenvalue weighted by Crippen LogP contribution is -2.33. The minimum atomic E-state index is -0.829.